The van der Waals surface area contributed by atoms with Crippen molar-refractivity contribution in [2.45, 2.75) is 37.0 Å². The highest BCUT2D eigenvalue weighted by atomic mass is 19.4. The van der Waals surface area contributed by atoms with E-state index in [9.17, 15) is 35.9 Å². The van der Waals surface area contributed by atoms with E-state index in [0.717, 1.165) is 0 Å². The maximum absolute atomic E-state index is 13.9. The molecule has 0 bridgehead atoms. The molecule has 41 heavy (non-hydrogen) atoms. The number of urea groups is 1. The lowest BCUT2D eigenvalue weighted by molar-refractivity contribution is -0.143. The zero-order valence-electron chi connectivity index (χ0n) is 21.7. The molecule has 2 aliphatic rings. The van der Waals surface area contributed by atoms with Crippen LogP contribution >= 0.6 is 0 Å². The number of halogens is 6. The Bertz CT molecular complexity index is 1390. The largest absolute Gasteiger partial charge is 0.416 e. The quantitative estimate of drug-likeness (QED) is 0.320. The van der Waals surface area contributed by atoms with Gasteiger partial charge >= 0.3 is 18.4 Å². The molecule has 2 fully saturated rings. The Hall–Kier alpha value is -4.06. The molecule has 0 N–H and O–H groups in total. The third-order valence-corrected chi connectivity index (χ3v) is 7.56. The molecule has 1 spiro atoms. The average Bonchev–Trinajstić information content (AvgIpc) is 3.19. The Morgan fingerprint density at radius 2 is 1.29 bits per heavy atom. The number of benzene rings is 3. The van der Waals surface area contributed by atoms with Crippen LogP contribution in [-0.4, -0.2) is 48.8 Å². The van der Waals surface area contributed by atoms with E-state index in [1.807, 2.05) is 0 Å². The van der Waals surface area contributed by atoms with Gasteiger partial charge in [-0.15, -0.1) is 0 Å². The topological polar surface area (TPSA) is 53.1 Å². The molecule has 2 aliphatic heterocycles. The Labute approximate surface area is 231 Å². The van der Waals surface area contributed by atoms with Crippen molar-refractivity contribution in [3.63, 3.8) is 0 Å². The van der Waals surface area contributed by atoms with E-state index in [2.05, 4.69) is 0 Å². The molecule has 3 amide bonds. The van der Waals surface area contributed by atoms with Crippen molar-refractivity contribution in [1.82, 2.24) is 4.90 Å². The van der Waals surface area contributed by atoms with Crippen LogP contribution in [-0.2, 0) is 17.1 Å². The number of rotatable bonds is 4. The van der Waals surface area contributed by atoms with Gasteiger partial charge in [-0.05, 0) is 55.3 Å². The molecular weight excluding hydrogens is 552 g/mol. The number of piperidine rings is 1. The Balaban J connectivity index is 1.49. The van der Waals surface area contributed by atoms with Crippen molar-refractivity contribution < 1.29 is 40.7 Å². The summed E-state index contributed by atoms with van der Waals surface area (Å²) in [6.07, 6.45) is -10.6. The molecule has 0 radical (unpaired) electrons. The second kappa shape index (κ2) is 10.4. The standard InChI is InChI=1S/C29H25F6N3O3/c1-41-25-27(38(23-10-6-3-7-11-23)26(40)37(25)22-8-4-2-5-9-22)12-14-36(15-13-27)24(39)19-16-20(28(30,31)32)18-21(17-19)29(33,34)35/h2-11,16-18,25H,12-15H2,1H3. The summed E-state index contributed by atoms with van der Waals surface area (Å²) < 4.78 is 86.3. The van der Waals surface area contributed by atoms with E-state index < -0.39 is 46.7 Å². The van der Waals surface area contributed by atoms with E-state index in [1.54, 1.807) is 65.6 Å². The first-order chi connectivity index (χ1) is 19.4. The van der Waals surface area contributed by atoms with E-state index >= 15 is 0 Å². The summed E-state index contributed by atoms with van der Waals surface area (Å²) in [5.41, 5.74) is -3.63. The van der Waals surface area contributed by atoms with Crippen LogP contribution in [0.5, 0.6) is 0 Å². The number of ether oxygens (including phenoxy) is 1. The second-order valence-electron chi connectivity index (χ2n) is 9.94. The zero-order valence-corrected chi connectivity index (χ0v) is 21.7. The van der Waals surface area contributed by atoms with E-state index in [-0.39, 0.29) is 38.0 Å². The molecular formula is C29H25F6N3O3. The van der Waals surface area contributed by atoms with Crippen LogP contribution in [0.3, 0.4) is 0 Å². The fourth-order valence-corrected chi connectivity index (χ4v) is 5.68. The molecule has 1 unspecified atom stereocenters. The van der Waals surface area contributed by atoms with Gasteiger partial charge in [-0.2, -0.15) is 26.3 Å². The lowest BCUT2D eigenvalue weighted by Crippen LogP contribution is -2.59. The first-order valence-electron chi connectivity index (χ1n) is 12.7. The van der Waals surface area contributed by atoms with Gasteiger partial charge in [0, 0.05) is 37.1 Å². The lowest BCUT2D eigenvalue weighted by Gasteiger charge is -2.46. The summed E-state index contributed by atoms with van der Waals surface area (Å²) in [5.74, 6) is -0.957. The second-order valence-corrected chi connectivity index (χ2v) is 9.94. The number of carbonyl (C=O) groups excluding carboxylic acids is 2. The highest BCUT2D eigenvalue weighted by Gasteiger charge is 2.60. The summed E-state index contributed by atoms with van der Waals surface area (Å²) >= 11 is 0. The number of para-hydroxylation sites is 2. The number of likely N-dealkylation sites (tertiary alicyclic amines) is 1. The van der Waals surface area contributed by atoms with Gasteiger partial charge in [0.2, 0.25) is 0 Å². The van der Waals surface area contributed by atoms with Gasteiger partial charge in [0.25, 0.3) is 5.91 Å². The SMILES string of the molecule is COC1N(c2ccccc2)C(=O)N(c2ccccc2)C12CCN(C(=O)c1cc(C(F)(F)F)cc(C(F)(F)F)c1)CC2. The molecule has 0 saturated carbocycles. The Kier molecular flexibility index (Phi) is 7.22. The van der Waals surface area contributed by atoms with Crippen molar-refractivity contribution in [2.24, 2.45) is 0 Å². The molecule has 0 aromatic heterocycles. The summed E-state index contributed by atoms with van der Waals surface area (Å²) in [7, 11) is 1.46. The van der Waals surface area contributed by atoms with Crippen molar-refractivity contribution in [2.75, 3.05) is 30.0 Å². The van der Waals surface area contributed by atoms with Crippen molar-refractivity contribution >= 4 is 23.3 Å². The fourth-order valence-electron chi connectivity index (χ4n) is 5.68. The van der Waals surface area contributed by atoms with Crippen molar-refractivity contribution in [1.29, 1.82) is 0 Å². The normalized spacial score (nSPS) is 19.2. The molecule has 2 heterocycles. The van der Waals surface area contributed by atoms with Gasteiger partial charge in [0.05, 0.1) is 16.7 Å². The highest BCUT2D eigenvalue weighted by Crippen LogP contribution is 2.46. The van der Waals surface area contributed by atoms with Crippen LogP contribution in [0.1, 0.15) is 34.3 Å². The fraction of sp³-hybridized carbons (Fsp3) is 0.310. The number of nitrogens with zero attached hydrogens (tertiary/aromatic N) is 3. The predicted molar refractivity (Wildman–Crippen MR) is 138 cm³/mol. The number of methoxy groups -OCH3 is 1. The third-order valence-electron chi connectivity index (χ3n) is 7.56. The minimum absolute atomic E-state index is 0.00872. The highest BCUT2D eigenvalue weighted by molar-refractivity contribution is 6.08. The number of anilines is 2. The van der Waals surface area contributed by atoms with Gasteiger partial charge < -0.3 is 9.64 Å². The maximum atomic E-state index is 13.9. The Morgan fingerprint density at radius 1 is 0.805 bits per heavy atom. The number of carbonyl (C=O) groups is 2. The molecule has 1 atom stereocenters. The van der Waals surface area contributed by atoms with Crippen LogP contribution < -0.4 is 9.80 Å². The summed E-state index contributed by atoms with van der Waals surface area (Å²) in [6, 6.07) is 18.3. The molecule has 12 heteroatoms. The lowest BCUT2D eigenvalue weighted by atomic mass is 9.84. The van der Waals surface area contributed by atoms with Crippen LogP contribution in [0, 0.1) is 0 Å². The van der Waals surface area contributed by atoms with Gasteiger partial charge in [0.15, 0.2) is 6.23 Å². The first-order valence-corrected chi connectivity index (χ1v) is 12.7. The zero-order chi connectivity index (χ0) is 29.6. The van der Waals surface area contributed by atoms with Gasteiger partial charge in [-0.25, -0.2) is 4.79 Å². The molecule has 216 valence electrons. The number of hydrogen-bond acceptors (Lipinski definition) is 3. The van der Waals surface area contributed by atoms with Crippen molar-refractivity contribution in [3.8, 4) is 0 Å². The molecule has 3 aromatic carbocycles. The van der Waals surface area contributed by atoms with Crippen LogP contribution in [0.25, 0.3) is 0 Å². The predicted octanol–water partition coefficient (Wildman–Crippen LogP) is 6.82. The monoisotopic (exact) mass is 577 g/mol. The van der Waals surface area contributed by atoms with E-state index in [0.29, 0.717) is 23.5 Å². The van der Waals surface area contributed by atoms with E-state index in [1.165, 1.54) is 16.9 Å². The van der Waals surface area contributed by atoms with Crippen molar-refractivity contribution in [3.05, 3.63) is 95.6 Å². The number of amides is 3. The van der Waals surface area contributed by atoms with Crippen LogP contribution in [0.2, 0.25) is 0 Å². The van der Waals surface area contributed by atoms with Gasteiger partial charge in [-0.3, -0.25) is 14.6 Å². The molecule has 6 nitrogen and oxygen atoms in total. The third kappa shape index (κ3) is 5.12. The average molecular weight is 578 g/mol. The smallest absolute Gasteiger partial charge is 0.359 e. The van der Waals surface area contributed by atoms with Crippen LogP contribution in [0.15, 0.2) is 78.9 Å². The summed E-state index contributed by atoms with van der Waals surface area (Å²) in [4.78, 5) is 31.6. The number of alkyl halides is 6. The van der Waals surface area contributed by atoms with Gasteiger partial charge in [0.1, 0.15) is 0 Å². The Morgan fingerprint density at radius 3 is 1.76 bits per heavy atom. The molecule has 3 aromatic rings. The maximum Gasteiger partial charge on any atom is 0.416 e. The first kappa shape index (κ1) is 28.5. The van der Waals surface area contributed by atoms with Gasteiger partial charge in [-0.1, -0.05) is 36.4 Å². The molecule has 2 saturated heterocycles. The number of hydrogen-bond donors (Lipinski definition) is 0. The minimum Gasteiger partial charge on any atom is -0.359 e. The molecule has 0 aliphatic carbocycles. The van der Waals surface area contributed by atoms with E-state index in [4.69, 9.17) is 4.74 Å². The summed E-state index contributed by atoms with van der Waals surface area (Å²) in [5, 5.41) is 0. The molecule has 5 rings (SSSR count). The minimum atomic E-state index is -5.07. The van der Waals surface area contributed by atoms with Crippen LogP contribution in [0.4, 0.5) is 42.5 Å². The summed E-state index contributed by atoms with van der Waals surface area (Å²) in [6.45, 7) is -0.0644.